The van der Waals surface area contributed by atoms with Crippen LogP contribution >= 0.6 is 0 Å². The number of hydrogen-bond donors (Lipinski definition) is 5. The number of benzene rings is 1. The molecule has 11 nitrogen and oxygen atoms in total. The molecule has 12 heteroatoms. The third-order valence-corrected chi connectivity index (χ3v) is 8.70. The second kappa shape index (κ2) is 13.9. The van der Waals surface area contributed by atoms with Gasteiger partial charge in [0.15, 0.2) is 5.60 Å². The van der Waals surface area contributed by atoms with E-state index in [1.165, 1.54) is 17.3 Å². The highest BCUT2D eigenvalue weighted by atomic mass is 19.1. The van der Waals surface area contributed by atoms with Crippen LogP contribution in [0.1, 0.15) is 61.8 Å². The molecule has 2 saturated heterocycles. The van der Waals surface area contributed by atoms with Crippen molar-refractivity contribution in [3.05, 3.63) is 65.2 Å². The van der Waals surface area contributed by atoms with Gasteiger partial charge in [-0.25, -0.2) is 9.18 Å². The molecule has 1 aliphatic carbocycles. The summed E-state index contributed by atoms with van der Waals surface area (Å²) >= 11 is 0. The fraction of sp³-hybridized carbons (Fsp3) is 0.548. The van der Waals surface area contributed by atoms with Crippen molar-refractivity contribution in [3.8, 4) is 0 Å². The Morgan fingerprint density at radius 2 is 1.58 bits per heavy atom. The average molecular weight is 603 g/mol. The Bertz CT molecular complexity index is 1240. The summed E-state index contributed by atoms with van der Waals surface area (Å²) in [6, 6.07) is 12.7. The highest BCUT2D eigenvalue weighted by Gasteiger charge is 2.48. The number of nitrogens with zero attached hydrogens (tertiary/aromatic N) is 1. The second-order valence-corrected chi connectivity index (χ2v) is 11.8. The van der Waals surface area contributed by atoms with E-state index in [4.69, 9.17) is 29.9 Å². The molecule has 234 valence electrons. The Labute approximate surface area is 249 Å². The van der Waals surface area contributed by atoms with Crippen LogP contribution in [-0.2, 0) is 42.1 Å². The first-order valence-corrected chi connectivity index (χ1v) is 14.5. The van der Waals surface area contributed by atoms with E-state index in [0.717, 1.165) is 77.0 Å². The Balaban J connectivity index is 0.000000277. The summed E-state index contributed by atoms with van der Waals surface area (Å²) < 4.78 is 25.5. The fourth-order valence-corrected chi connectivity index (χ4v) is 6.47. The van der Waals surface area contributed by atoms with Crippen molar-refractivity contribution in [2.75, 3.05) is 26.4 Å². The van der Waals surface area contributed by atoms with Crippen LogP contribution in [0.5, 0.6) is 0 Å². The zero-order valence-electron chi connectivity index (χ0n) is 24.0. The Hall–Kier alpha value is -3.45. The van der Waals surface area contributed by atoms with Crippen molar-refractivity contribution in [1.29, 1.82) is 0 Å². The Morgan fingerprint density at radius 1 is 0.953 bits per heavy atom. The van der Waals surface area contributed by atoms with Crippen molar-refractivity contribution in [2.24, 2.45) is 0 Å². The third kappa shape index (κ3) is 8.35. The number of carboxylic acids is 3. The quantitative estimate of drug-likeness (QED) is 0.270. The molecule has 0 amide bonds. The molecule has 43 heavy (non-hydrogen) atoms. The molecule has 1 atom stereocenters. The topological polar surface area (TPSA) is 176 Å². The zero-order chi connectivity index (χ0) is 31.1. The maximum absolute atomic E-state index is 13.6. The van der Waals surface area contributed by atoms with Gasteiger partial charge in [-0.1, -0.05) is 24.3 Å². The molecule has 1 aromatic carbocycles. The van der Waals surface area contributed by atoms with Crippen molar-refractivity contribution in [1.82, 2.24) is 10.3 Å². The van der Waals surface area contributed by atoms with Gasteiger partial charge in [0.2, 0.25) is 0 Å². The standard InChI is InChI=1S/C25H31FN2O2.C6H8O7/c26-21-5-6-23(28-17-21)24(8-14-30-25(18-24)9-12-29-13-10-25)7-11-27-22-15-19-3-1-2-4-20(19)16-22;7-3(8)1-6(13,5(11)12)2-4(9)10/h1-6,17,22,27H,7-16,18H2;13H,1-2H2,(H,7,8)(H,9,10)(H,11,12)/t24-;/m1./s1. The van der Waals surface area contributed by atoms with Crippen LogP contribution in [0.25, 0.3) is 0 Å². The first-order chi connectivity index (χ1) is 20.4. The number of pyridine rings is 1. The van der Waals surface area contributed by atoms with Gasteiger partial charge in [0.25, 0.3) is 0 Å². The molecule has 0 saturated carbocycles. The molecule has 2 fully saturated rings. The number of aromatic nitrogens is 1. The van der Waals surface area contributed by atoms with Gasteiger partial charge in [-0.15, -0.1) is 0 Å². The number of halogens is 1. The fourth-order valence-electron chi connectivity index (χ4n) is 6.47. The molecule has 2 aliphatic heterocycles. The number of rotatable bonds is 10. The molecule has 0 unspecified atom stereocenters. The van der Waals surface area contributed by atoms with Gasteiger partial charge >= 0.3 is 17.9 Å². The predicted octanol–water partition coefficient (Wildman–Crippen LogP) is 2.72. The number of carbonyl (C=O) groups is 3. The maximum atomic E-state index is 13.6. The molecule has 0 radical (unpaired) electrons. The molecule has 5 N–H and O–H groups in total. The summed E-state index contributed by atoms with van der Waals surface area (Å²) in [6.45, 7) is 3.18. The number of aliphatic carboxylic acids is 3. The van der Waals surface area contributed by atoms with Crippen LogP contribution in [0.2, 0.25) is 0 Å². The van der Waals surface area contributed by atoms with E-state index in [1.54, 1.807) is 6.07 Å². The van der Waals surface area contributed by atoms with Crippen molar-refractivity contribution < 1.29 is 48.7 Å². The lowest BCUT2D eigenvalue weighted by Crippen LogP contribution is -2.51. The van der Waals surface area contributed by atoms with Gasteiger partial charge in [0.05, 0.1) is 24.6 Å². The molecule has 1 aromatic heterocycles. The normalized spacial score (nSPS) is 21.4. The average Bonchev–Trinajstić information content (AvgIpc) is 3.36. The monoisotopic (exact) mass is 602 g/mol. The van der Waals surface area contributed by atoms with Crippen LogP contribution in [-0.4, -0.2) is 86.9 Å². The van der Waals surface area contributed by atoms with Gasteiger partial charge in [0.1, 0.15) is 5.82 Å². The second-order valence-electron chi connectivity index (χ2n) is 11.8. The molecule has 5 rings (SSSR count). The highest BCUT2D eigenvalue weighted by Crippen LogP contribution is 2.47. The molecule has 2 aromatic rings. The first-order valence-electron chi connectivity index (χ1n) is 14.5. The van der Waals surface area contributed by atoms with Crippen LogP contribution in [0, 0.1) is 5.82 Å². The minimum atomic E-state index is -2.74. The number of fused-ring (bicyclic) bond motifs is 1. The highest BCUT2D eigenvalue weighted by molar-refractivity contribution is 5.88. The van der Waals surface area contributed by atoms with E-state index >= 15 is 0 Å². The number of ether oxygens (including phenoxy) is 2. The molecule has 3 heterocycles. The first kappa shape index (κ1) is 32.5. The van der Waals surface area contributed by atoms with Crippen molar-refractivity contribution in [2.45, 2.75) is 80.4 Å². The summed E-state index contributed by atoms with van der Waals surface area (Å²) in [4.78, 5) is 35.0. The van der Waals surface area contributed by atoms with Crippen LogP contribution in [0.15, 0.2) is 42.6 Å². The Morgan fingerprint density at radius 3 is 2.12 bits per heavy atom. The molecule has 1 spiro atoms. The summed E-state index contributed by atoms with van der Waals surface area (Å²) in [7, 11) is 0. The van der Waals surface area contributed by atoms with Crippen LogP contribution in [0.3, 0.4) is 0 Å². The van der Waals surface area contributed by atoms with Gasteiger partial charge < -0.3 is 35.2 Å². The smallest absolute Gasteiger partial charge is 0.336 e. The lowest BCUT2D eigenvalue weighted by Gasteiger charge is -2.49. The molecule has 3 aliphatic rings. The van der Waals surface area contributed by atoms with Crippen molar-refractivity contribution >= 4 is 17.9 Å². The largest absolute Gasteiger partial charge is 0.481 e. The predicted molar refractivity (Wildman–Crippen MR) is 151 cm³/mol. The summed E-state index contributed by atoms with van der Waals surface area (Å²) in [5, 5.41) is 37.6. The lowest BCUT2D eigenvalue weighted by molar-refractivity contribution is -0.170. The summed E-state index contributed by atoms with van der Waals surface area (Å²) in [5.41, 5.74) is 0.999. The van der Waals surface area contributed by atoms with E-state index in [0.29, 0.717) is 6.04 Å². The Kier molecular flexibility index (Phi) is 10.5. The van der Waals surface area contributed by atoms with Crippen LogP contribution in [0.4, 0.5) is 4.39 Å². The number of hydrogen-bond acceptors (Lipinski definition) is 8. The minimum Gasteiger partial charge on any atom is -0.481 e. The number of carboxylic acid groups (broad SMARTS) is 3. The van der Waals surface area contributed by atoms with E-state index in [2.05, 4.69) is 34.6 Å². The van der Waals surface area contributed by atoms with Gasteiger partial charge in [-0.05, 0) is 74.8 Å². The van der Waals surface area contributed by atoms with E-state index < -0.39 is 36.4 Å². The third-order valence-electron chi connectivity index (χ3n) is 8.70. The molecular formula is C31H39FN2O9. The van der Waals surface area contributed by atoms with Gasteiger partial charge in [-0.2, -0.15) is 0 Å². The van der Waals surface area contributed by atoms with Crippen molar-refractivity contribution in [3.63, 3.8) is 0 Å². The number of nitrogens with one attached hydrogen (secondary N) is 1. The van der Waals surface area contributed by atoms with E-state index in [1.807, 2.05) is 6.07 Å². The lowest BCUT2D eigenvalue weighted by atomic mass is 9.66. The maximum Gasteiger partial charge on any atom is 0.336 e. The van der Waals surface area contributed by atoms with Crippen LogP contribution < -0.4 is 5.32 Å². The van der Waals surface area contributed by atoms with E-state index in [9.17, 15) is 18.8 Å². The summed E-state index contributed by atoms with van der Waals surface area (Å²) in [6.07, 6.45) is 6.00. The minimum absolute atomic E-state index is 0.0816. The number of aliphatic hydroxyl groups is 1. The zero-order valence-corrected chi connectivity index (χ0v) is 24.0. The SMILES string of the molecule is Fc1ccc([C@]2(CCNC3Cc4ccccc4C3)CCOC3(CCOCC3)C2)nc1.O=C(O)CC(O)(CC(=O)O)C(=O)O. The summed E-state index contributed by atoms with van der Waals surface area (Å²) in [5.74, 6) is -5.29. The van der Waals surface area contributed by atoms with E-state index in [-0.39, 0.29) is 16.8 Å². The molecule has 0 bridgehead atoms. The van der Waals surface area contributed by atoms with Gasteiger partial charge in [0, 0.05) is 37.0 Å². The molecular weight excluding hydrogens is 563 g/mol. The van der Waals surface area contributed by atoms with Gasteiger partial charge in [-0.3, -0.25) is 14.6 Å².